The number of hydroxylamine groups is 6. The monoisotopic (exact) mass is 459 g/mol. The van der Waals surface area contributed by atoms with Gasteiger partial charge in [-0.25, -0.2) is 4.79 Å². The van der Waals surface area contributed by atoms with Gasteiger partial charge in [0.1, 0.15) is 0 Å². The summed E-state index contributed by atoms with van der Waals surface area (Å²) in [7, 11) is 0. The van der Waals surface area contributed by atoms with Crippen LogP contribution in [0.1, 0.15) is 54.4 Å². The Labute approximate surface area is 183 Å². The summed E-state index contributed by atoms with van der Waals surface area (Å²) in [4.78, 5) is 30.5. The van der Waals surface area contributed by atoms with E-state index in [4.69, 9.17) is 36.0 Å². The van der Waals surface area contributed by atoms with Gasteiger partial charge in [-0.15, -0.1) is 0 Å². The van der Waals surface area contributed by atoms with Gasteiger partial charge in [0, 0.05) is 39.3 Å². The van der Waals surface area contributed by atoms with E-state index < -0.39 is 36.4 Å². The zero-order chi connectivity index (χ0) is 25.6. The number of carbonyl (C=O) groups is 3. The molecule has 0 spiro atoms. The van der Waals surface area contributed by atoms with Crippen LogP contribution in [-0.2, 0) is 14.4 Å². The van der Waals surface area contributed by atoms with E-state index in [0.717, 1.165) is 39.3 Å². The lowest BCUT2D eigenvalue weighted by Crippen LogP contribution is -2.42. The second kappa shape index (κ2) is 22.8. The van der Waals surface area contributed by atoms with Crippen LogP contribution in [0.4, 0.5) is 0 Å². The first-order chi connectivity index (χ1) is 14.2. The van der Waals surface area contributed by atoms with Gasteiger partial charge >= 0.3 is 17.9 Å². The summed E-state index contributed by atoms with van der Waals surface area (Å²) in [6.07, 6.45) is -2.29. The molecule has 13 nitrogen and oxygen atoms in total. The molecule has 13 heteroatoms. The van der Waals surface area contributed by atoms with Gasteiger partial charge in [-0.05, 0) is 0 Å². The molecule has 0 aliphatic heterocycles. The number of carboxylic acid groups (broad SMARTS) is 3. The summed E-state index contributed by atoms with van der Waals surface area (Å²) in [5.41, 5.74) is -2.74. The van der Waals surface area contributed by atoms with E-state index in [2.05, 4.69) is 0 Å². The first-order valence-electron chi connectivity index (χ1n) is 9.91. The van der Waals surface area contributed by atoms with Crippen molar-refractivity contribution < 1.29 is 50.4 Å². The molecule has 7 N–H and O–H groups in total. The zero-order valence-electron chi connectivity index (χ0n) is 19.4. The molecule has 0 radical (unpaired) electrons. The van der Waals surface area contributed by atoms with Crippen LogP contribution in [-0.4, -0.2) is 114 Å². The van der Waals surface area contributed by atoms with E-state index in [9.17, 15) is 14.4 Å². The van der Waals surface area contributed by atoms with Crippen molar-refractivity contribution in [2.24, 2.45) is 0 Å². The Kier molecular flexibility index (Phi) is 26.9. The van der Waals surface area contributed by atoms with Crippen LogP contribution >= 0.6 is 0 Å². The van der Waals surface area contributed by atoms with Crippen molar-refractivity contribution >= 4 is 17.9 Å². The maximum absolute atomic E-state index is 10.3. The van der Waals surface area contributed by atoms with Gasteiger partial charge in [0.05, 0.1) is 12.8 Å². The molecule has 31 heavy (non-hydrogen) atoms. The van der Waals surface area contributed by atoms with Crippen LogP contribution in [0.25, 0.3) is 0 Å². The van der Waals surface area contributed by atoms with Gasteiger partial charge in [0.25, 0.3) is 0 Å². The molecule has 0 unspecified atom stereocenters. The van der Waals surface area contributed by atoms with Crippen LogP contribution in [0.3, 0.4) is 0 Å². The number of nitrogens with zero attached hydrogens (tertiary/aromatic N) is 3. The highest BCUT2D eigenvalue weighted by Gasteiger charge is 2.40. The number of carboxylic acids is 3. The molecule has 0 aliphatic rings. The van der Waals surface area contributed by atoms with E-state index in [-0.39, 0.29) is 0 Å². The van der Waals surface area contributed by atoms with Crippen LogP contribution in [0.5, 0.6) is 0 Å². The number of aliphatic hydroxyl groups is 1. The number of hydrogen-bond acceptors (Lipinski definition) is 10. The minimum Gasteiger partial charge on any atom is -0.481 e. The topological polar surface area (TPSA) is 203 Å². The Morgan fingerprint density at radius 2 is 0.774 bits per heavy atom. The molecule has 0 bridgehead atoms. The highest BCUT2D eigenvalue weighted by molar-refractivity contribution is 5.88. The van der Waals surface area contributed by atoms with Gasteiger partial charge in [0.15, 0.2) is 5.60 Å². The van der Waals surface area contributed by atoms with Crippen molar-refractivity contribution in [2.45, 2.75) is 60.0 Å². The van der Waals surface area contributed by atoms with Gasteiger partial charge < -0.3 is 36.0 Å². The molecule has 0 amide bonds. The Balaban J connectivity index is -0.000000171. The highest BCUT2D eigenvalue weighted by atomic mass is 16.5. The fraction of sp³-hybridized carbons (Fsp3) is 0.833. The highest BCUT2D eigenvalue weighted by Crippen LogP contribution is 2.15. The Morgan fingerprint density at radius 3 is 0.839 bits per heavy atom. The summed E-state index contributed by atoms with van der Waals surface area (Å²) in [5, 5.41) is 63.1. The quantitative estimate of drug-likeness (QED) is 0.215. The van der Waals surface area contributed by atoms with E-state index in [1.54, 1.807) is 0 Å². The van der Waals surface area contributed by atoms with Crippen molar-refractivity contribution in [3.8, 4) is 0 Å². The fourth-order valence-corrected chi connectivity index (χ4v) is 1.38. The SMILES string of the molecule is CCN(O)CC.CCN(O)CC.CCN(O)CC.O=C(O)CC(O)(CC(=O)O)C(=O)O. The lowest BCUT2D eigenvalue weighted by molar-refractivity contribution is -0.170. The summed E-state index contributed by atoms with van der Waals surface area (Å²) in [6, 6.07) is 0. The summed E-state index contributed by atoms with van der Waals surface area (Å²) in [6.45, 7) is 15.8. The van der Waals surface area contributed by atoms with Gasteiger partial charge in [-0.1, -0.05) is 41.5 Å². The molecule has 0 aromatic heterocycles. The average molecular weight is 460 g/mol. The van der Waals surface area contributed by atoms with E-state index in [1.807, 2.05) is 41.5 Å². The lowest BCUT2D eigenvalue weighted by atomic mass is 9.96. The average Bonchev–Trinajstić information content (AvgIpc) is 2.71. The minimum absolute atomic E-state index is 0.719. The molecule has 0 aliphatic carbocycles. The zero-order valence-corrected chi connectivity index (χ0v) is 19.4. The maximum atomic E-state index is 10.3. The lowest BCUT2D eigenvalue weighted by Gasteiger charge is -2.18. The molecule has 0 atom stereocenters. The van der Waals surface area contributed by atoms with Gasteiger partial charge in [-0.2, -0.15) is 15.2 Å². The molecule has 0 saturated heterocycles. The third kappa shape index (κ3) is 28.1. The largest absolute Gasteiger partial charge is 0.481 e. The minimum atomic E-state index is -2.74. The van der Waals surface area contributed by atoms with Crippen molar-refractivity contribution in [3.63, 3.8) is 0 Å². The van der Waals surface area contributed by atoms with Crippen molar-refractivity contribution in [2.75, 3.05) is 39.3 Å². The van der Waals surface area contributed by atoms with Crippen molar-refractivity contribution in [1.29, 1.82) is 0 Å². The molecule has 0 aromatic rings. The Morgan fingerprint density at radius 1 is 0.581 bits per heavy atom. The van der Waals surface area contributed by atoms with Gasteiger partial charge in [0.2, 0.25) is 0 Å². The molecule has 0 aromatic carbocycles. The number of aliphatic carboxylic acids is 3. The second-order valence-electron chi connectivity index (χ2n) is 5.89. The van der Waals surface area contributed by atoms with E-state index in [1.165, 1.54) is 15.2 Å². The Bertz CT molecular complexity index is 414. The number of rotatable bonds is 11. The normalized spacial score (nSPS) is 10.4. The molecule has 188 valence electrons. The first kappa shape index (κ1) is 36.5. The third-order valence-corrected chi connectivity index (χ3v) is 3.48. The maximum Gasteiger partial charge on any atom is 0.336 e. The van der Waals surface area contributed by atoms with E-state index >= 15 is 0 Å². The summed E-state index contributed by atoms with van der Waals surface area (Å²) in [5.74, 6) is -5.02. The molecular formula is C18H41N3O10. The molecule has 0 rings (SSSR count). The Hall–Kier alpha value is -1.87. The molecule has 0 saturated carbocycles. The standard InChI is InChI=1S/C6H8O7.3C4H11NO/c7-3(8)1-6(13,5(11)12)2-4(9)10;3*1-3-5(6)4-2/h13H,1-2H2,(H,7,8)(H,9,10)(H,11,12);3*6H,3-4H2,1-2H3. The van der Waals surface area contributed by atoms with E-state index in [0.29, 0.717) is 0 Å². The van der Waals surface area contributed by atoms with Crippen LogP contribution in [0.15, 0.2) is 0 Å². The summed E-state index contributed by atoms with van der Waals surface area (Å²) < 4.78 is 0. The van der Waals surface area contributed by atoms with Crippen molar-refractivity contribution in [1.82, 2.24) is 15.2 Å². The van der Waals surface area contributed by atoms with Crippen LogP contribution in [0, 0.1) is 0 Å². The second-order valence-corrected chi connectivity index (χ2v) is 5.89. The fourth-order valence-electron chi connectivity index (χ4n) is 1.38. The predicted octanol–water partition coefficient (Wildman–Crippen LogP) is 0.904. The smallest absolute Gasteiger partial charge is 0.336 e. The first-order valence-corrected chi connectivity index (χ1v) is 9.91. The van der Waals surface area contributed by atoms with Crippen molar-refractivity contribution in [3.05, 3.63) is 0 Å². The predicted molar refractivity (Wildman–Crippen MR) is 111 cm³/mol. The molecule has 0 heterocycles. The van der Waals surface area contributed by atoms with Crippen LogP contribution in [0.2, 0.25) is 0 Å². The summed E-state index contributed by atoms with van der Waals surface area (Å²) >= 11 is 0. The molecule has 0 fully saturated rings. The van der Waals surface area contributed by atoms with Crippen LogP contribution < -0.4 is 0 Å². The third-order valence-electron chi connectivity index (χ3n) is 3.48. The number of hydrogen-bond donors (Lipinski definition) is 7. The van der Waals surface area contributed by atoms with Gasteiger partial charge in [-0.3, -0.25) is 9.59 Å². The molecular weight excluding hydrogens is 418 g/mol.